The van der Waals surface area contributed by atoms with Gasteiger partial charge < -0.3 is 14.2 Å². The third-order valence-electron chi connectivity index (χ3n) is 7.04. The maximum Gasteiger partial charge on any atom is 0.171 e. The van der Waals surface area contributed by atoms with Crippen LogP contribution in [-0.4, -0.2) is 55.7 Å². The number of piperazine rings is 1. The monoisotopic (exact) mass is 463 g/mol. The third kappa shape index (κ3) is 4.57. The number of carbonyl (C=O) groups excluding carboxylic acids is 1. The summed E-state index contributed by atoms with van der Waals surface area (Å²) in [5.74, 6) is 1.37. The Morgan fingerprint density at radius 2 is 1.85 bits per heavy atom. The number of rotatable bonds is 7. The molecule has 1 aliphatic heterocycles. The number of methoxy groups -OCH3 is 1. The fraction of sp³-hybridized carbons (Fsp3) is 0.407. The molecule has 0 spiro atoms. The maximum atomic E-state index is 13.3. The number of para-hydroxylation sites is 2. The van der Waals surface area contributed by atoms with Crippen molar-refractivity contribution in [3.8, 4) is 17.0 Å². The van der Waals surface area contributed by atoms with Crippen LogP contribution in [0.25, 0.3) is 11.3 Å². The molecule has 1 aromatic heterocycles. The average Bonchev–Trinajstić information content (AvgIpc) is 3.31. The van der Waals surface area contributed by atoms with Crippen molar-refractivity contribution in [3.63, 3.8) is 0 Å². The van der Waals surface area contributed by atoms with Gasteiger partial charge in [0.15, 0.2) is 5.78 Å². The van der Waals surface area contributed by atoms with Gasteiger partial charge in [-0.1, -0.05) is 17.3 Å². The number of carbonyl (C=O) groups is 1. The molecule has 5 rings (SSSR count). The van der Waals surface area contributed by atoms with Gasteiger partial charge in [0.1, 0.15) is 23.0 Å². The van der Waals surface area contributed by atoms with Gasteiger partial charge in [-0.05, 0) is 62.2 Å². The summed E-state index contributed by atoms with van der Waals surface area (Å²) in [4.78, 5) is 18.1. The highest BCUT2D eigenvalue weighted by Crippen LogP contribution is 2.35. The van der Waals surface area contributed by atoms with E-state index in [2.05, 4.69) is 21.0 Å². The van der Waals surface area contributed by atoms with Crippen LogP contribution in [0.1, 0.15) is 35.4 Å². The van der Waals surface area contributed by atoms with Crippen molar-refractivity contribution in [1.29, 1.82) is 0 Å². The molecule has 0 bridgehead atoms. The van der Waals surface area contributed by atoms with Gasteiger partial charge in [0.05, 0.1) is 18.4 Å². The van der Waals surface area contributed by atoms with E-state index in [1.54, 1.807) is 19.2 Å². The topological polar surface area (TPSA) is 58.8 Å². The molecule has 6 nitrogen and oxygen atoms in total. The number of benzene rings is 2. The van der Waals surface area contributed by atoms with Gasteiger partial charge in [-0.25, -0.2) is 4.39 Å². The summed E-state index contributed by atoms with van der Waals surface area (Å²) in [5, 5.41) is 4.14. The minimum Gasteiger partial charge on any atom is -0.495 e. The maximum absolute atomic E-state index is 13.3. The summed E-state index contributed by atoms with van der Waals surface area (Å²) in [6, 6.07) is 14.2. The highest BCUT2D eigenvalue weighted by molar-refractivity contribution is 6.04. The van der Waals surface area contributed by atoms with Crippen LogP contribution in [0.3, 0.4) is 0 Å². The molecule has 0 N–H and O–H groups in total. The predicted molar refractivity (Wildman–Crippen MR) is 129 cm³/mol. The van der Waals surface area contributed by atoms with Gasteiger partial charge in [-0.15, -0.1) is 0 Å². The Morgan fingerprint density at radius 1 is 1.09 bits per heavy atom. The first-order chi connectivity index (χ1) is 16.6. The second-order valence-corrected chi connectivity index (χ2v) is 9.08. The van der Waals surface area contributed by atoms with Gasteiger partial charge in [0, 0.05) is 44.1 Å². The summed E-state index contributed by atoms with van der Waals surface area (Å²) in [5.41, 5.74) is 3.00. The fourth-order valence-corrected chi connectivity index (χ4v) is 5.13. The summed E-state index contributed by atoms with van der Waals surface area (Å²) < 4.78 is 24.3. The van der Waals surface area contributed by atoms with Crippen LogP contribution in [0.5, 0.6) is 5.75 Å². The molecule has 2 heterocycles. The zero-order valence-electron chi connectivity index (χ0n) is 19.5. The van der Waals surface area contributed by atoms with E-state index >= 15 is 0 Å². The molecule has 178 valence electrons. The van der Waals surface area contributed by atoms with Gasteiger partial charge in [0.2, 0.25) is 0 Å². The van der Waals surface area contributed by atoms with Crippen molar-refractivity contribution in [2.24, 2.45) is 5.92 Å². The standard InChI is InChI=1S/C27H30FN3O3/c1-33-23-7-3-2-6-22(23)31-17-15-30(16-18-31)14-4-5-20-10-13-24-25(27(20)32)26(29-34-24)19-8-11-21(28)12-9-19/h2-3,6-9,11-12,20H,4-5,10,13-18H2,1H3. The van der Waals surface area contributed by atoms with E-state index in [0.717, 1.165) is 69.8 Å². The Bertz CT molecular complexity index is 1140. The molecule has 0 amide bonds. The zero-order chi connectivity index (χ0) is 23.5. The van der Waals surface area contributed by atoms with Crippen LogP contribution in [0.4, 0.5) is 10.1 Å². The van der Waals surface area contributed by atoms with Gasteiger partial charge in [-0.3, -0.25) is 9.69 Å². The van der Waals surface area contributed by atoms with Gasteiger partial charge in [0.25, 0.3) is 0 Å². The van der Waals surface area contributed by atoms with E-state index in [9.17, 15) is 9.18 Å². The average molecular weight is 464 g/mol. The summed E-state index contributed by atoms with van der Waals surface area (Å²) in [7, 11) is 1.72. The lowest BCUT2D eigenvalue weighted by Crippen LogP contribution is -2.46. The number of halogens is 1. The summed E-state index contributed by atoms with van der Waals surface area (Å²) in [6.45, 7) is 4.93. The number of aryl methyl sites for hydroxylation is 1. The number of ether oxygens (including phenoxy) is 1. The first kappa shape index (κ1) is 22.6. The molecule has 2 aromatic carbocycles. The number of ketones is 1. The Kier molecular flexibility index (Phi) is 6.63. The van der Waals surface area contributed by atoms with E-state index in [0.29, 0.717) is 22.6 Å². The van der Waals surface area contributed by atoms with Gasteiger partial charge in [-0.2, -0.15) is 0 Å². The molecule has 7 heteroatoms. The Morgan fingerprint density at radius 3 is 2.62 bits per heavy atom. The van der Waals surface area contributed by atoms with Crippen molar-refractivity contribution < 1.29 is 18.4 Å². The molecule has 0 saturated carbocycles. The van der Waals surface area contributed by atoms with Gasteiger partial charge >= 0.3 is 0 Å². The summed E-state index contributed by atoms with van der Waals surface area (Å²) in [6.07, 6.45) is 3.36. The summed E-state index contributed by atoms with van der Waals surface area (Å²) >= 11 is 0. The van der Waals surface area contributed by atoms with Crippen LogP contribution in [0, 0.1) is 11.7 Å². The molecule has 1 aliphatic carbocycles. The van der Waals surface area contributed by atoms with E-state index in [-0.39, 0.29) is 17.5 Å². The van der Waals surface area contributed by atoms with E-state index in [4.69, 9.17) is 9.26 Å². The number of fused-ring (bicyclic) bond motifs is 1. The lowest BCUT2D eigenvalue weighted by molar-refractivity contribution is 0.0884. The minimum atomic E-state index is -0.311. The molecule has 2 aliphatic rings. The van der Waals surface area contributed by atoms with E-state index < -0.39 is 0 Å². The third-order valence-corrected chi connectivity index (χ3v) is 7.04. The van der Waals surface area contributed by atoms with Crippen molar-refractivity contribution in [2.45, 2.75) is 25.7 Å². The molecule has 1 atom stereocenters. The quantitative estimate of drug-likeness (QED) is 0.500. The first-order valence-corrected chi connectivity index (χ1v) is 12.0. The number of anilines is 1. The normalized spacial score (nSPS) is 18.7. The highest BCUT2D eigenvalue weighted by atomic mass is 19.1. The molecular formula is C27H30FN3O3. The number of hydrogen-bond donors (Lipinski definition) is 0. The van der Waals surface area contributed by atoms with Crippen LogP contribution < -0.4 is 9.64 Å². The largest absolute Gasteiger partial charge is 0.495 e. The highest BCUT2D eigenvalue weighted by Gasteiger charge is 2.34. The van der Waals surface area contributed by atoms with Crippen LogP contribution in [0.15, 0.2) is 53.1 Å². The van der Waals surface area contributed by atoms with Crippen LogP contribution >= 0.6 is 0 Å². The Labute approximate surface area is 199 Å². The first-order valence-electron chi connectivity index (χ1n) is 12.0. The Balaban J connectivity index is 1.15. The SMILES string of the molecule is COc1ccccc1N1CCN(CCCC2CCc3onc(-c4ccc(F)cc4)c3C2=O)CC1. The second-order valence-electron chi connectivity index (χ2n) is 9.08. The molecular weight excluding hydrogens is 433 g/mol. The van der Waals surface area contributed by atoms with Crippen molar-refractivity contribution in [3.05, 3.63) is 65.7 Å². The minimum absolute atomic E-state index is 0.0130. The van der Waals surface area contributed by atoms with E-state index in [1.165, 1.54) is 12.1 Å². The zero-order valence-corrected chi connectivity index (χ0v) is 19.5. The van der Waals surface area contributed by atoms with Crippen LogP contribution in [-0.2, 0) is 6.42 Å². The number of Topliss-reactive ketones (excluding diaryl/α,β-unsaturated/α-hetero) is 1. The Hall–Kier alpha value is -3.19. The molecule has 3 aromatic rings. The predicted octanol–water partition coefficient (Wildman–Crippen LogP) is 4.84. The number of hydrogen-bond acceptors (Lipinski definition) is 6. The molecule has 1 fully saturated rings. The van der Waals surface area contributed by atoms with Crippen LogP contribution in [0.2, 0.25) is 0 Å². The molecule has 1 unspecified atom stereocenters. The molecule has 0 radical (unpaired) electrons. The smallest absolute Gasteiger partial charge is 0.171 e. The lowest BCUT2D eigenvalue weighted by atomic mass is 9.82. The molecule has 34 heavy (non-hydrogen) atoms. The molecule has 1 saturated heterocycles. The fourth-order valence-electron chi connectivity index (χ4n) is 5.13. The second kappa shape index (κ2) is 9.97. The van der Waals surface area contributed by atoms with E-state index in [1.807, 2.05) is 18.2 Å². The van der Waals surface area contributed by atoms with Crippen molar-refractivity contribution in [1.82, 2.24) is 10.1 Å². The van der Waals surface area contributed by atoms with Crippen molar-refractivity contribution >= 4 is 11.5 Å². The number of nitrogens with zero attached hydrogens (tertiary/aromatic N) is 3. The number of aromatic nitrogens is 1. The van der Waals surface area contributed by atoms with Crippen molar-refractivity contribution in [2.75, 3.05) is 44.7 Å². The lowest BCUT2D eigenvalue weighted by Gasteiger charge is -2.36.